The fourth-order valence-electron chi connectivity index (χ4n) is 1.51. The van der Waals surface area contributed by atoms with Crippen molar-refractivity contribution in [3.8, 4) is 0 Å². The van der Waals surface area contributed by atoms with Gasteiger partial charge in [-0.25, -0.2) is 0 Å². The molecule has 92 valence electrons. The summed E-state index contributed by atoms with van der Waals surface area (Å²) in [6.07, 6.45) is 0. The molecule has 3 heterocycles. The molecule has 0 nitrogen and oxygen atoms in total. The van der Waals surface area contributed by atoms with Gasteiger partial charge in [0.1, 0.15) is 0 Å². The summed E-state index contributed by atoms with van der Waals surface area (Å²) in [6.45, 7) is 0. The van der Waals surface area contributed by atoms with Crippen molar-refractivity contribution in [1.82, 2.24) is 0 Å². The second kappa shape index (κ2) is 7.12. The van der Waals surface area contributed by atoms with Crippen LogP contribution in [0.4, 0.5) is 0 Å². The third kappa shape index (κ3) is 4.82. The van der Waals surface area contributed by atoms with E-state index in [0.717, 1.165) is 19.0 Å². The normalized spacial score (nSPS) is 42.0. The predicted octanol–water partition coefficient (Wildman–Crippen LogP) is 2.59. The number of hydrogen-bond acceptors (Lipinski definition) is 4. The maximum absolute atomic E-state index is 2.38. The van der Waals surface area contributed by atoms with Gasteiger partial charge in [-0.1, -0.05) is 0 Å². The van der Waals surface area contributed by atoms with Crippen LogP contribution in [-0.4, -0.2) is 83.9 Å². The zero-order chi connectivity index (χ0) is 10.8. The third-order valence-corrected chi connectivity index (χ3v) is 21.4. The third-order valence-electron chi connectivity index (χ3n) is 2.65. The summed E-state index contributed by atoms with van der Waals surface area (Å²) in [5.41, 5.74) is 0. The van der Waals surface area contributed by atoms with Gasteiger partial charge in [0.25, 0.3) is 0 Å². The Bertz CT molecular complexity index is 209. The summed E-state index contributed by atoms with van der Waals surface area (Å²) < 4.78 is 4.56. The van der Waals surface area contributed by atoms with E-state index in [4.69, 9.17) is 0 Å². The zero-order valence-electron chi connectivity index (χ0n) is 9.00. The van der Waals surface area contributed by atoms with Gasteiger partial charge in [-0.3, -0.25) is 0 Å². The monoisotopic (exact) mass is 524 g/mol. The first kappa shape index (κ1) is 13.9. The van der Waals surface area contributed by atoms with Crippen molar-refractivity contribution in [2.45, 2.75) is 26.0 Å². The van der Waals surface area contributed by atoms with Crippen molar-refractivity contribution in [3.63, 3.8) is 0 Å². The van der Waals surface area contributed by atoms with Gasteiger partial charge in [0.05, 0.1) is 0 Å². The Morgan fingerprint density at radius 1 is 1.06 bits per heavy atom. The van der Waals surface area contributed by atoms with Gasteiger partial charge in [-0.15, -0.1) is 0 Å². The Labute approximate surface area is 136 Å². The SMILES string of the molecule is C1[Te]CC(SCC2CS2)C(SCC2CS2)[Te]1. The van der Waals surface area contributed by atoms with Crippen molar-refractivity contribution >= 4 is 88.9 Å². The van der Waals surface area contributed by atoms with Gasteiger partial charge in [-0.2, -0.15) is 0 Å². The van der Waals surface area contributed by atoms with Crippen LogP contribution in [0.2, 0.25) is 6.99 Å². The minimum atomic E-state index is 0.398. The predicted molar refractivity (Wildman–Crippen MR) is 86.1 cm³/mol. The number of rotatable bonds is 6. The van der Waals surface area contributed by atoms with Crippen LogP contribution in [0.15, 0.2) is 0 Å². The van der Waals surface area contributed by atoms with E-state index in [-0.39, 0.29) is 0 Å². The fraction of sp³-hybridized carbons (Fsp3) is 1.00. The fourth-order valence-corrected chi connectivity index (χ4v) is 23.3. The molecule has 0 amide bonds. The molecule has 0 N–H and O–H groups in total. The number of thioether (sulfide) groups is 4. The van der Waals surface area contributed by atoms with Gasteiger partial charge in [-0.05, 0) is 0 Å². The maximum atomic E-state index is 2.38. The van der Waals surface area contributed by atoms with E-state index in [0.29, 0.717) is 41.8 Å². The molecule has 3 saturated heterocycles. The van der Waals surface area contributed by atoms with E-state index in [2.05, 4.69) is 47.0 Å². The van der Waals surface area contributed by atoms with Crippen molar-refractivity contribution in [3.05, 3.63) is 0 Å². The van der Waals surface area contributed by atoms with E-state index < -0.39 is 0 Å². The summed E-state index contributed by atoms with van der Waals surface area (Å²) in [5.74, 6) is 5.88. The van der Waals surface area contributed by atoms with Crippen LogP contribution in [0, 0.1) is 0 Å². The van der Waals surface area contributed by atoms with Crippen LogP contribution in [0.3, 0.4) is 0 Å². The molecule has 0 saturated carbocycles. The van der Waals surface area contributed by atoms with E-state index in [1.807, 2.05) is 0 Å². The molecule has 6 heteroatoms. The second-order valence-corrected chi connectivity index (χ2v) is 19.9. The standard InChI is InChI=1S/C10H16S4Te2/c1-7(11-1)3-13-9-5-15-6-16-10(9)14-4-8-2-12-8/h7-10H,1-6H2. The van der Waals surface area contributed by atoms with Crippen LogP contribution in [0.1, 0.15) is 0 Å². The molecule has 4 unspecified atom stereocenters. The molecule has 0 aromatic rings. The first-order valence-electron chi connectivity index (χ1n) is 5.57. The molecule has 3 aliphatic heterocycles. The molecule has 16 heavy (non-hydrogen) atoms. The van der Waals surface area contributed by atoms with Crippen molar-refractivity contribution in [1.29, 1.82) is 0 Å². The summed E-state index contributed by atoms with van der Waals surface area (Å²) in [4.78, 5) is 0. The van der Waals surface area contributed by atoms with Crippen LogP contribution < -0.4 is 0 Å². The van der Waals surface area contributed by atoms with E-state index in [1.54, 1.807) is 6.99 Å². The molecule has 0 aliphatic carbocycles. The van der Waals surface area contributed by atoms with Crippen molar-refractivity contribution < 1.29 is 0 Å². The van der Waals surface area contributed by atoms with E-state index in [9.17, 15) is 0 Å². The molecule has 0 aromatic carbocycles. The Morgan fingerprint density at radius 2 is 1.75 bits per heavy atom. The zero-order valence-corrected chi connectivity index (χ0v) is 16.9. The molecular weight excluding hydrogens is 504 g/mol. The van der Waals surface area contributed by atoms with Crippen molar-refractivity contribution in [2.24, 2.45) is 0 Å². The van der Waals surface area contributed by atoms with Gasteiger partial charge >= 0.3 is 138 Å². The second-order valence-electron chi connectivity index (χ2n) is 4.14. The van der Waals surface area contributed by atoms with Crippen LogP contribution in [0.25, 0.3) is 0 Å². The van der Waals surface area contributed by atoms with Crippen LogP contribution in [-0.2, 0) is 0 Å². The molecule has 0 aromatic heterocycles. The van der Waals surface area contributed by atoms with E-state index >= 15 is 0 Å². The summed E-state index contributed by atoms with van der Waals surface area (Å²) >= 11 is 9.97. The Morgan fingerprint density at radius 3 is 2.44 bits per heavy atom. The molecule has 4 atom stereocenters. The Hall–Kier alpha value is 2.98. The van der Waals surface area contributed by atoms with Gasteiger partial charge < -0.3 is 0 Å². The van der Waals surface area contributed by atoms with E-state index in [1.165, 1.54) is 23.0 Å². The van der Waals surface area contributed by atoms with Gasteiger partial charge in [0.2, 0.25) is 0 Å². The first-order chi connectivity index (χ1) is 7.92. The molecule has 0 spiro atoms. The topological polar surface area (TPSA) is 0 Å². The number of hydrogen-bond donors (Lipinski definition) is 0. The molecule has 0 radical (unpaired) electrons. The molecule has 3 aliphatic rings. The van der Waals surface area contributed by atoms with Gasteiger partial charge in [0.15, 0.2) is 0 Å². The minimum absolute atomic E-state index is 0.398. The first-order valence-corrected chi connectivity index (χ1v) is 16.1. The molecule has 0 bridgehead atoms. The molecular formula is C10H16S4Te2. The molecule has 3 fully saturated rings. The summed E-state index contributed by atoms with van der Waals surface area (Å²) in [7, 11) is 0. The average molecular weight is 520 g/mol. The summed E-state index contributed by atoms with van der Waals surface area (Å²) in [5, 5.41) is 3.21. The van der Waals surface area contributed by atoms with Crippen LogP contribution >= 0.6 is 47.0 Å². The van der Waals surface area contributed by atoms with Crippen LogP contribution in [0.5, 0.6) is 0 Å². The quantitative estimate of drug-likeness (QED) is 0.391. The van der Waals surface area contributed by atoms with Crippen molar-refractivity contribution in [2.75, 3.05) is 23.0 Å². The molecule has 3 rings (SSSR count). The average Bonchev–Trinajstić information content (AvgIpc) is 3.17. The Kier molecular flexibility index (Phi) is 6.20. The van der Waals surface area contributed by atoms with Gasteiger partial charge in [0, 0.05) is 0 Å². The Balaban J connectivity index is 1.42. The summed E-state index contributed by atoms with van der Waals surface area (Å²) in [6, 6.07) is 0.